The molecule has 0 saturated carbocycles. The maximum absolute atomic E-state index is 15.6. The number of nitrogens with one attached hydrogen (secondary N) is 1. The van der Waals surface area contributed by atoms with Crippen molar-refractivity contribution >= 4 is 11.8 Å². The molecule has 3 aromatic rings. The number of hydrogen-bond donors (Lipinski definition) is 1. The van der Waals surface area contributed by atoms with Crippen molar-refractivity contribution in [1.82, 2.24) is 4.98 Å². The third-order valence-electron chi connectivity index (χ3n) is 5.09. The Morgan fingerprint density at radius 2 is 1.70 bits per heavy atom. The van der Waals surface area contributed by atoms with Crippen LogP contribution in [-0.2, 0) is 11.2 Å². The van der Waals surface area contributed by atoms with E-state index in [1.54, 1.807) is 12.1 Å². The van der Waals surface area contributed by atoms with Gasteiger partial charge in [0.2, 0.25) is 0 Å². The Morgan fingerprint density at radius 3 is 2.24 bits per heavy atom. The summed E-state index contributed by atoms with van der Waals surface area (Å²) < 4.78 is 50.3. The van der Waals surface area contributed by atoms with Crippen molar-refractivity contribution in [3.63, 3.8) is 0 Å². The second kappa shape index (κ2) is 10.1. The Kier molecular flexibility index (Phi) is 7.41. The van der Waals surface area contributed by atoms with Crippen molar-refractivity contribution in [3.05, 3.63) is 71.2 Å². The lowest BCUT2D eigenvalue weighted by atomic mass is 9.92. The molecule has 3 rings (SSSR count). The minimum atomic E-state index is -1.05. The van der Waals surface area contributed by atoms with Gasteiger partial charge < -0.3 is 10.1 Å². The summed E-state index contributed by atoms with van der Waals surface area (Å²) in [4.78, 5) is 16.7. The zero-order valence-corrected chi connectivity index (χ0v) is 19.3. The van der Waals surface area contributed by atoms with Crippen LogP contribution in [0.25, 0.3) is 22.3 Å². The standard InChI is InChI=1S/C26H27F3N2O2/c1-14(2)10-16-6-7-17(11-20(16)27)23-21(28)12-19(25(29)24(23)26(32)33-5)18-8-9-22(30-13-18)31-15(3)4/h6-9,11-15H,10H2,1-5H3,(H,30,31). The number of pyridine rings is 1. The number of nitrogens with zero attached hydrogens (tertiary/aromatic N) is 1. The first-order chi connectivity index (χ1) is 15.6. The molecule has 1 aromatic heterocycles. The lowest BCUT2D eigenvalue weighted by Crippen LogP contribution is -2.11. The smallest absolute Gasteiger partial charge is 0.341 e. The number of ether oxygens (including phenoxy) is 1. The molecule has 0 spiro atoms. The van der Waals surface area contributed by atoms with Crippen molar-refractivity contribution in [2.24, 2.45) is 5.92 Å². The predicted octanol–water partition coefficient (Wildman–Crippen LogP) is 6.64. The molecule has 0 aliphatic carbocycles. The number of carbonyl (C=O) groups excluding carboxylic acids is 1. The fourth-order valence-electron chi connectivity index (χ4n) is 3.65. The van der Waals surface area contributed by atoms with Gasteiger partial charge in [-0.25, -0.2) is 22.9 Å². The summed E-state index contributed by atoms with van der Waals surface area (Å²) in [5, 5.41) is 3.11. The van der Waals surface area contributed by atoms with E-state index in [0.717, 1.165) is 19.2 Å². The second-order valence-electron chi connectivity index (χ2n) is 8.60. The van der Waals surface area contributed by atoms with Crippen molar-refractivity contribution in [1.29, 1.82) is 0 Å². The quantitative estimate of drug-likeness (QED) is 0.405. The first-order valence-electron chi connectivity index (χ1n) is 10.7. The van der Waals surface area contributed by atoms with Crippen molar-refractivity contribution in [2.45, 2.75) is 40.2 Å². The third-order valence-corrected chi connectivity index (χ3v) is 5.09. The molecule has 33 heavy (non-hydrogen) atoms. The maximum atomic E-state index is 15.6. The van der Waals surface area contributed by atoms with E-state index in [4.69, 9.17) is 4.74 Å². The van der Waals surface area contributed by atoms with Gasteiger partial charge in [0.25, 0.3) is 0 Å². The molecular weight excluding hydrogens is 429 g/mol. The fourth-order valence-corrected chi connectivity index (χ4v) is 3.65. The molecule has 4 nitrogen and oxygen atoms in total. The van der Waals surface area contributed by atoms with Gasteiger partial charge in [-0.3, -0.25) is 0 Å². The highest BCUT2D eigenvalue weighted by Gasteiger charge is 2.27. The van der Waals surface area contributed by atoms with E-state index in [9.17, 15) is 9.18 Å². The molecule has 0 atom stereocenters. The molecule has 1 N–H and O–H groups in total. The summed E-state index contributed by atoms with van der Waals surface area (Å²) in [6.07, 6.45) is 1.89. The van der Waals surface area contributed by atoms with Gasteiger partial charge in [-0.05, 0) is 61.6 Å². The first kappa shape index (κ1) is 24.3. The summed E-state index contributed by atoms with van der Waals surface area (Å²) in [5.41, 5.74) is -0.268. The van der Waals surface area contributed by atoms with Gasteiger partial charge >= 0.3 is 5.97 Å². The van der Waals surface area contributed by atoms with Crippen molar-refractivity contribution < 1.29 is 22.7 Å². The Bertz CT molecular complexity index is 1160. The largest absolute Gasteiger partial charge is 0.465 e. The van der Waals surface area contributed by atoms with Crippen LogP contribution < -0.4 is 5.32 Å². The molecule has 7 heteroatoms. The molecule has 0 aliphatic heterocycles. The number of halogens is 3. The number of methoxy groups -OCH3 is 1. The van der Waals surface area contributed by atoms with Crippen LogP contribution in [0.5, 0.6) is 0 Å². The molecule has 174 valence electrons. The first-order valence-corrected chi connectivity index (χ1v) is 10.7. The molecule has 2 aromatic carbocycles. The normalized spacial score (nSPS) is 11.2. The molecular formula is C26H27F3N2O2. The minimum Gasteiger partial charge on any atom is -0.465 e. The minimum absolute atomic E-state index is 0.0537. The van der Waals surface area contributed by atoms with Crippen LogP contribution in [0.3, 0.4) is 0 Å². The highest BCUT2D eigenvalue weighted by atomic mass is 19.1. The Labute approximate surface area is 191 Å². The lowest BCUT2D eigenvalue weighted by molar-refractivity contribution is 0.0596. The van der Waals surface area contributed by atoms with Crippen LogP contribution in [0, 0.1) is 23.4 Å². The molecule has 0 fully saturated rings. The molecule has 0 saturated heterocycles. The summed E-state index contributed by atoms with van der Waals surface area (Å²) >= 11 is 0. The molecule has 0 unspecified atom stereocenters. The fraction of sp³-hybridized carbons (Fsp3) is 0.308. The highest BCUT2D eigenvalue weighted by Crippen LogP contribution is 2.36. The number of rotatable bonds is 7. The van der Waals surface area contributed by atoms with Crippen LogP contribution >= 0.6 is 0 Å². The van der Waals surface area contributed by atoms with Crippen LogP contribution in [-0.4, -0.2) is 24.1 Å². The number of benzene rings is 2. The third kappa shape index (κ3) is 5.35. The van der Waals surface area contributed by atoms with Crippen LogP contribution in [0.15, 0.2) is 42.6 Å². The SMILES string of the molecule is COC(=O)c1c(F)c(-c2ccc(NC(C)C)nc2)cc(F)c1-c1ccc(CC(C)C)c(F)c1. The number of carbonyl (C=O) groups is 1. The summed E-state index contributed by atoms with van der Waals surface area (Å²) in [6.45, 7) is 7.81. The van der Waals surface area contributed by atoms with Crippen LogP contribution in [0.2, 0.25) is 0 Å². The molecule has 0 amide bonds. The number of esters is 1. The second-order valence-corrected chi connectivity index (χ2v) is 8.60. The molecule has 0 bridgehead atoms. The summed E-state index contributed by atoms with van der Waals surface area (Å²) in [6, 6.07) is 8.49. The van der Waals surface area contributed by atoms with Gasteiger partial charge in [0.1, 0.15) is 28.8 Å². The zero-order chi connectivity index (χ0) is 24.3. The lowest BCUT2D eigenvalue weighted by Gasteiger charge is -2.16. The Balaban J connectivity index is 2.14. The van der Waals surface area contributed by atoms with E-state index in [1.807, 2.05) is 27.7 Å². The van der Waals surface area contributed by atoms with Gasteiger partial charge in [0.05, 0.1) is 7.11 Å². The van der Waals surface area contributed by atoms with Gasteiger partial charge in [0.15, 0.2) is 0 Å². The van der Waals surface area contributed by atoms with Gasteiger partial charge in [-0.2, -0.15) is 0 Å². The maximum Gasteiger partial charge on any atom is 0.341 e. The molecule has 0 radical (unpaired) electrons. The van der Waals surface area contributed by atoms with Crippen molar-refractivity contribution in [2.75, 3.05) is 12.4 Å². The van der Waals surface area contributed by atoms with E-state index >= 15 is 8.78 Å². The highest BCUT2D eigenvalue weighted by molar-refractivity contribution is 5.99. The summed E-state index contributed by atoms with van der Waals surface area (Å²) in [7, 11) is 1.08. The van der Waals surface area contributed by atoms with Crippen molar-refractivity contribution in [3.8, 4) is 22.3 Å². The Morgan fingerprint density at radius 1 is 1.00 bits per heavy atom. The average molecular weight is 457 g/mol. The topological polar surface area (TPSA) is 51.2 Å². The Hall–Kier alpha value is -3.35. The number of anilines is 1. The predicted molar refractivity (Wildman–Crippen MR) is 124 cm³/mol. The zero-order valence-electron chi connectivity index (χ0n) is 19.3. The van der Waals surface area contributed by atoms with E-state index in [-0.39, 0.29) is 34.2 Å². The van der Waals surface area contributed by atoms with E-state index in [2.05, 4.69) is 10.3 Å². The average Bonchev–Trinajstić information content (AvgIpc) is 2.75. The van der Waals surface area contributed by atoms with Gasteiger partial charge in [-0.15, -0.1) is 0 Å². The van der Waals surface area contributed by atoms with Gasteiger partial charge in [-0.1, -0.05) is 26.0 Å². The van der Waals surface area contributed by atoms with E-state index < -0.39 is 29.0 Å². The monoisotopic (exact) mass is 456 g/mol. The van der Waals surface area contributed by atoms with Crippen LogP contribution in [0.1, 0.15) is 43.6 Å². The van der Waals surface area contributed by atoms with Gasteiger partial charge in [0, 0.05) is 28.9 Å². The van der Waals surface area contributed by atoms with E-state index in [1.165, 1.54) is 18.3 Å². The summed E-state index contributed by atoms with van der Waals surface area (Å²) in [5.74, 6) is -2.63. The van der Waals surface area contributed by atoms with E-state index in [0.29, 0.717) is 17.8 Å². The van der Waals surface area contributed by atoms with Crippen LogP contribution in [0.4, 0.5) is 19.0 Å². The molecule has 0 aliphatic rings. The molecule has 1 heterocycles. The number of aromatic nitrogens is 1. The number of hydrogen-bond acceptors (Lipinski definition) is 4.